The van der Waals surface area contributed by atoms with E-state index in [1.165, 1.54) is 25.7 Å². The first-order valence-electron chi connectivity index (χ1n) is 7.21. The zero-order valence-corrected chi connectivity index (χ0v) is 12.3. The quantitative estimate of drug-likeness (QED) is 0.792. The highest BCUT2D eigenvalue weighted by molar-refractivity contribution is 4.85. The average molecular weight is 241 g/mol. The fourth-order valence-corrected chi connectivity index (χ4v) is 2.88. The Morgan fingerprint density at radius 1 is 1.12 bits per heavy atom. The summed E-state index contributed by atoms with van der Waals surface area (Å²) in [6.45, 7) is 11.7. The third kappa shape index (κ3) is 4.59. The average Bonchev–Trinajstić information content (AvgIpc) is 2.25. The van der Waals surface area contributed by atoms with E-state index in [1.807, 2.05) is 0 Å². The molecule has 0 aliphatic heterocycles. The van der Waals surface area contributed by atoms with Gasteiger partial charge in [0.25, 0.3) is 0 Å². The summed E-state index contributed by atoms with van der Waals surface area (Å²) < 4.78 is 0. The van der Waals surface area contributed by atoms with E-state index in [-0.39, 0.29) is 12.6 Å². The molecule has 0 aromatic rings. The van der Waals surface area contributed by atoms with Crippen LogP contribution in [0, 0.1) is 17.3 Å². The van der Waals surface area contributed by atoms with E-state index >= 15 is 0 Å². The summed E-state index contributed by atoms with van der Waals surface area (Å²) in [7, 11) is 0. The zero-order chi connectivity index (χ0) is 13.1. The van der Waals surface area contributed by atoms with Crippen molar-refractivity contribution in [3.63, 3.8) is 0 Å². The molecule has 1 unspecified atom stereocenters. The molecule has 2 nitrogen and oxygen atoms in total. The van der Waals surface area contributed by atoms with Crippen molar-refractivity contribution in [2.24, 2.45) is 17.3 Å². The van der Waals surface area contributed by atoms with Crippen LogP contribution in [0.15, 0.2) is 0 Å². The third-order valence-corrected chi connectivity index (χ3v) is 4.40. The molecule has 0 radical (unpaired) electrons. The number of aliphatic hydroxyl groups is 1. The molecule has 1 rings (SSSR count). The van der Waals surface area contributed by atoms with Crippen LogP contribution in [-0.4, -0.2) is 23.8 Å². The highest BCUT2D eigenvalue weighted by Crippen LogP contribution is 2.37. The predicted molar refractivity (Wildman–Crippen MR) is 74.0 cm³/mol. The zero-order valence-electron chi connectivity index (χ0n) is 12.3. The minimum atomic E-state index is 0.261. The van der Waals surface area contributed by atoms with Gasteiger partial charge in [-0.2, -0.15) is 0 Å². The first kappa shape index (κ1) is 15.0. The molecule has 0 saturated heterocycles. The minimum absolute atomic E-state index is 0.261. The monoisotopic (exact) mass is 241 g/mol. The number of aliphatic hydroxyl groups excluding tert-OH is 1. The molecular formula is C15H31NO. The van der Waals surface area contributed by atoms with Crippen LogP contribution < -0.4 is 5.32 Å². The Morgan fingerprint density at radius 3 is 2.00 bits per heavy atom. The summed E-state index contributed by atoms with van der Waals surface area (Å²) in [5, 5.41) is 13.0. The van der Waals surface area contributed by atoms with Crippen LogP contribution in [0.25, 0.3) is 0 Å². The van der Waals surface area contributed by atoms with Crippen LogP contribution in [0.1, 0.15) is 60.3 Å². The molecule has 1 aliphatic carbocycles. The van der Waals surface area contributed by atoms with E-state index in [1.54, 1.807) is 0 Å². The van der Waals surface area contributed by atoms with Gasteiger partial charge >= 0.3 is 0 Å². The van der Waals surface area contributed by atoms with Crippen molar-refractivity contribution in [3.8, 4) is 0 Å². The molecule has 1 saturated carbocycles. The predicted octanol–water partition coefficient (Wildman–Crippen LogP) is 3.20. The Kier molecular flexibility index (Phi) is 5.46. The molecular weight excluding hydrogens is 210 g/mol. The molecule has 0 amide bonds. The van der Waals surface area contributed by atoms with Crippen molar-refractivity contribution in [1.29, 1.82) is 0 Å². The lowest BCUT2D eigenvalue weighted by molar-refractivity contribution is 0.138. The summed E-state index contributed by atoms with van der Waals surface area (Å²) in [5.74, 6) is 1.38. The molecule has 1 fully saturated rings. The third-order valence-electron chi connectivity index (χ3n) is 4.40. The topological polar surface area (TPSA) is 32.3 Å². The van der Waals surface area contributed by atoms with E-state index in [4.69, 9.17) is 0 Å². The van der Waals surface area contributed by atoms with Crippen LogP contribution in [0.4, 0.5) is 0 Å². The smallest absolute Gasteiger partial charge is 0.0587 e. The second-order valence-corrected chi connectivity index (χ2v) is 7.11. The summed E-state index contributed by atoms with van der Waals surface area (Å²) in [6, 6.07) is 0.888. The van der Waals surface area contributed by atoms with Crippen molar-refractivity contribution in [2.75, 3.05) is 6.61 Å². The van der Waals surface area contributed by atoms with Gasteiger partial charge in [0, 0.05) is 12.1 Å². The van der Waals surface area contributed by atoms with Crippen LogP contribution in [0.3, 0.4) is 0 Å². The number of hydrogen-bond acceptors (Lipinski definition) is 2. The standard InChI is InChI=1S/C15H31NO/c1-11(2)14(10-17)16-13-8-6-12(7-9-13)15(3,4)5/h11-14,16-17H,6-10H2,1-5H3. The lowest BCUT2D eigenvalue weighted by Gasteiger charge is -2.38. The van der Waals surface area contributed by atoms with E-state index in [2.05, 4.69) is 39.9 Å². The van der Waals surface area contributed by atoms with Gasteiger partial charge in [0.05, 0.1) is 6.61 Å². The van der Waals surface area contributed by atoms with Crippen LogP contribution >= 0.6 is 0 Å². The molecule has 0 bridgehead atoms. The van der Waals surface area contributed by atoms with Crippen LogP contribution in [-0.2, 0) is 0 Å². The highest BCUT2D eigenvalue weighted by Gasteiger charge is 2.30. The molecule has 0 spiro atoms. The minimum Gasteiger partial charge on any atom is -0.395 e. The fraction of sp³-hybridized carbons (Fsp3) is 1.00. The second kappa shape index (κ2) is 6.19. The van der Waals surface area contributed by atoms with Crippen molar-refractivity contribution in [1.82, 2.24) is 5.32 Å². The van der Waals surface area contributed by atoms with E-state index < -0.39 is 0 Å². The number of rotatable bonds is 4. The number of hydrogen-bond donors (Lipinski definition) is 2. The molecule has 0 aromatic heterocycles. The van der Waals surface area contributed by atoms with Gasteiger partial charge in [-0.25, -0.2) is 0 Å². The molecule has 0 heterocycles. The maximum Gasteiger partial charge on any atom is 0.0587 e. The Hall–Kier alpha value is -0.0800. The first-order chi connectivity index (χ1) is 7.84. The molecule has 102 valence electrons. The normalized spacial score (nSPS) is 28.4. The maximum absolute atomic E-state index is 9.35. The molecule has 1 atom stereocenters. The summed E-state index contributed by atoms with van der Waals surface area (Å²) >= 11 is 0. The Labute approximate surface area is 107 Å². The fourth-order valence-electron chi connectivity index (χ4n) is 2.88. The summed E-state index contributed by atoms with van der Waals surface area (Å²) in [6.07, 6.45) is 5.20. The van der Waals surface area contributed by atoms with Gasteiger partial charge in [0.1, 0.15) is 0 Å². The first-order valence-corrected chi connectivity index (χ1v) is 7.21. The van der Waals surface area contributed by atoms with E-state index in [9.17, 15) is 5.11 Å². The SMILES string of the molecule is CC(C)C(CO)NC1CCC(C(C)(C)C)CC1. The lowest BCUT2D eigenvalue weighted by atomic mass is 9.71. The maximum atomic E-state index is 9.35. The van der Waals surface area contributed by atoms with Crippen LogP contribution in [0.5, 0.6) is 0 Å². The van der Waals surface area contributed by atoms with E-state index in [0.717, 1.165) is 5.92 Å². The molecule has 0 aromatic carbocycles. The second-order valence-electron chi connectivity index (χ2n) is 7.11. The van der Waals surface area contributed by atoms with Gasteiger partial charge in [-0.1, -0.05) is 34.6 Å². The van der Waals surface area contributed by atoms with Gasteiger partial charge in [-0.05, 0) is 42.9 Å². The Bertz CT molecular complexity index is 211. The summed E-state index contributed by atoms with van der Waals surface area (Å²) in [4.78, 5) is 0. The molecule has 17 heavy (non-hydrogen) atoms. The Balaban J connectivity index is 2.37. The Morgan fingerprint density at radius 2 is 1.65 bits per heavy atom. The lowest BCUT2D eigenvalue weighted by Crippen LogP contribution is -2.45. The van der Waals surface area contributed by atoms with Gasteiger partial charge in [0.15, 0.2) is 0 Å². The molecule has 2 N–H and O–H groups in total. The van der Waals surface area contributed by atoms with Crippen LogP contribution in [0.2, 0.25) is 0 Å². The highest BCUT2D eigenvalue weighted by atomic mass is 16.3. The van der Waals surface area contributed by atoms with Crippen molar-refractivity contribution >= 4 is 0 Å². The van der Waals surface area contributed by atoms with Crippen molar-refractivity contribution in [2.45, 2.75) is 72.4 Å². The molecule has 1 aliphatic rings. The van der Waals surface area contributed by atoms with E-state index in [0.29, 0.717) is 17.4 Å². The van der Waals surface area contributed by atoms with Gasteiger partial charge in [-0.15, -0.1) is 0 Å². The number of nitrogens with one attached hydrogen (secondary N) is 1. The molecule has 2 heteroatoms. The summed E-state index contributed by atoms with van der Waals surface area (Å²) in [5.41, 5.74) is 0.458. The van der Waals surface area contributed by atoms with Gasteiger partial charge in [0.2, 0.25) is 0 Å². The van der Waals surface area contributed by atoms with Crippen molar-refractivity contribution < 1.29 is 5.11 Å². The van der Waals surface area contributed by atoms with Gasteiger partial charge in [-0.3, -0.25) is 0 Å². The largest absolute Gasteiger partial charge is 0.395 e. The van der Waals surface area contributed by atoms with Gasteiger partial charge < -0.3 is 10.4 Å². The van der Waals surface area contributed by atoms with Crippen molar-refractivity contribution in [3.05, 3.63) is 0 Å².